The first kappa shape index (κ1) is 22.2. The predicted octanol–water partition coefficient (Wildman–Crippen LogP) is 4.30. The average Bonchev–Trinajstić information content (AvgIpc) is 2.62. The third-order valence-corrected chi connectivity index (χ3v) is 6.18. The third-order valence-electron chi connectivity index (χ3n) is 5.16. The highest BCUT2D eigenvalue weighted by atomic mass is 31.0. The molecule has 0 radical (unpaired) electrons. The standard InChI is InChI=1S/C21H26F2N5OP/c1-10(13-7-6-8-15(17(13)22)21(23,30)20(4,5)29)25-18-14-9-16(24)11(2)26-19(14)28-12(3)27-18/h6-10,29H,24,30H2,1-5H3,(H,25,26,27,28)/t10-,21?/m1/s1. The van der Waals surface area contributed by atoms with E-state index in [4.69, 9.17) is 5.73 Å². The zero-order chi connectivity index (χ0) is 22.4. The van der Waals surface area contributed by atoms with Gasteiger partial charge in [-0.1, -0.05) is 27.4 Å². The van der Waals surface area contributed by atoms with Gasteiger partial charge in [0.1, 0.15) is 23.1 Å². The van der Waals surface area contributed by atoms with Crippen LogP contribution in [-0.2, 0) is 5.41 Å². The summed E-state index contributed by atoms with van der Waals surface area (Å²) in [5.41, 5.74) is 5.82. The molecule has 4 N–H and O–H groups in total. The number of hydrogen-bond acceptors (Lipinski definition) is 6. The first-order valence-corrected chi connectivity index (χ1v) is 10.1. The smallest absolute Gasteiger partial charge is 0.179 e. The normalized spacial score (nSPS) is 15.1. The molecule has 30 heavy (non-hydrogen) atoms. The molecule has 2 aromatic heterocycles. The number of nitrogens with two attached hydrogens (primary N) is 1. The number of anilines is 2. The first-order valence-electron chi connectivity index (χ1n) is 9.50. The summed E-state index contributed by atoms with van der Waals surface area (Å²) in [6.07, 6.45) is 0. The van der Waals surface area contributed by atoms with Crippen LogP contribution >= 0.6 is 9.24 Å². The van der Waals surface area contributed by atoms with E-state index in [1.807, 2.05) is 9.24 Å². The van der Waals surface area contributed by atoms with Crippen LogP contribution in [0.1, 0.15) is 49.5 Å². The Labute approximate surface area is 176 Å². The maximum atomic E-state index is 15.3. The van der Waals surface area contributed by atoms with Crippen LogP contribution in [0.4, 0.5) is 20.3 Å². The number of alkyl halides is 1. The molecule has 0 spiro atoms. The van der Waals surface area contributed by atoms with Crippen molar-refractivity contribution in [3.63, 3.8) is 0 Å². The number of nitrogens with one attached hydrogen (secondary N) is 1. The highest BCUT2D eigenvalue weighted by Gasteiger charge is 2.44. The zero-order valence-corrected chi connectivity index (χ0v) is 18.7. The number of nitrogens with zero attached hydrogens (tertiary/aromatic N) is 3. The van der Waals surface area contributed by atoms with Crippen molar-refractivity contribution in [1.29, 1.82) is 0 Å². The Kier molecular flexibility index (Phi) is 5.69. The number of nitrogen functional groups attached to an aromatic ring is 1. The Balaban J connectivity index is 2.05. The number of aromatic nitrogens is 3. The van der Waals surface area contributed by atoms with Crippen LogP contribution < -0.4 is 11.1 Å². The highest BCUT2D eigenvalue weighted by molar-refractivity contribution is 7.18. The van der Waals surface area contributed by atoms with Crippen molar-refractivity contribution in [2.75, 3.05) is 11.1 Å². The lowest BCUT2D eigenvalue weighted by Crippen LogP contribution is -2.39. The van der Waals surface area contributed by atoms with Crippen LogP contribution in [0.2, 0.25) is 0 Å². The van der Waals surface area contributed by atoms with Gasteiger partial charge in [0, 0.05) is 11.1 Å². The van der Waals surface area contributed by atoms with Gasteiger partial charge in [-0.05, 0) is 40.7 Å². The summed E-state index contributed by atoms with van der Waals surface area (Å²) in [7, 11) is 1.92. The highest BCUT2D eigenvalue weighted by Crippen LogP contribution is 2.45. The number of benzene rings is 1. The van der Waals surface area contributed by atoms with Gasteiger partial charge in [0.25, 0.3) is 0 Å². The number of hydrogen-bond donors (Lipinski definition) is 3. The second kappa shape index (κ2) is 7.67. The minimum atomic E-state index is -2.36. The number of rotatable bonds is 5. The lowest BCUT2D eigenvalue weighted by atomic mass is 9.92. The molecule has 2 unspecified atom stereocenters. The molecule has 6 nitrogen and oxygen atoms in total. The van der Waals surface area contributed by atoms with Crippen LogP contribution in [-0.4, -0.2) is 25.7 Å². The van der Waals surface area contributed by atoms with E-state index in [0.717, 1.165) is 0 Å². The van der Waals surface area contributed by atoms with E-state index in [0.29, 0.717) is 34.1 Å². The van der Waals surface area contributed by atoms with Crippen LogP contribution in [0.3, 0.4) is 0 Å². The molecular formula is C21H26F2N5OP. The molecule has 0 amide bonds. The Morgan fingerprint density at radius 3 is 2.50 bits per heavy atom. The van der Waals surface area contributed by atoms with Gasteiger partial charge < -0.3 is 16.2 Å². The molecule has 0 saturated heterocycles. The number of aryl methyl sites for hydroxylation is 2. The van der Waals surface area contributed by atoms with E-state index in [2.05, 4.69) is 20.3 Å². The summed E-state index contributed by atoms with van der Waals surface area (Å²) in [5, 5.41) is 11.6. The lowest BCUT2D eigenvalue weighted by Gasteiger charge is -2.34. The van der Waals surface area contributed by atoms with Crippen molar-refractivity contribution in [3.05, 3.63) is 52.7 Å². The summed E-state index contributed by atoms with van der Waals surface area (Å²) in [6, 6.07) is 5.61. The second-order valence-electron chi connectivity index (χ2n) is 8.00. The molecule has 0 fully saturated rings. The lowest BCUT2D eigenvalue weighted by molar-refractivity contribution is -0.0286. The van der Waals surface area contributed by atoms with E-state index in [1.54, 1.807) is 39.0 Å². The van der Waals surface area contributed by atoms with E-state index in [9.17, 15) is 5.11 Å². The maximum Gasteiger partial charge on any atom is 0.179 e. The molecule has 3 atom stereocenters. The van der Waals surface area contributed by atoms with Gasteiger partial charge in [-0.2, -0.15) is 0 Å². The maximum absolute atomic E-state index is 15.3. The fourth-order valence-corrected chi connectivity index (χ4v) is 3.38. The molecule has 0 aliphatic rings. The number of pyridine rings is 1. The Morgan fingerprint density at radius 2 is 1.87 bits per heavy atom. The molecule has 1 aromatic carbocycles. The largest absolute Gasteiger partial charge is 0.397 e. The van der Waals surface area contributed by atoms with Crippen molar-refractivity contribution in [2.24, 2.45) is 0 Å². The van der Waals surface area contributed by atoms with Gasteiger partial charge in [0.15, 0.2) is 11.1 Å². The Morgan fingerprint density at radius 1 is 1.20 bits per heavy atom. The van der Waals surface area contributed by atoms with Crippen LogP contribution in [0.5, 0.6) is 0 Å². The first-order chi connectivity index (χ1) is 13.8. The minimum absolute atomic E-state index is 0.235. The molecule has 0 aliphatic heterocycles. The van der Waals surface area contributed by atoms with Gasteiger partial charge >= 0.3 is 0 Å². The van der Waals surface area contributed by atoms with Crippen molar-refractivity contribution in [3.8, 4) is 0 Å². The fourth-order valence-electron chi connectivity index (χ4n) is 3.16. The quantitative estimate of drug-likeness (QED) is 0.519. The molecule has 0 saturated carbocycles. The number of aliphatic hydroxyl groups is 1. The van der Waals surface area contributed by atoms with Crippen molar-refractivity contribution < 1.29 is 13.9 Å². The van der Waals surface area contributed by atoms with Crippen LogP contribution in [0, 0.1) is 19.7 Å². The van der Waals surface area contributed by atoms with Crippen LogP contribution in [0.15, 0.2) is 24.3 Å². The Bertz CT molecular complexity index is 1110. The number of fused-ring (bicyclic) bond motifs is 1. The Hall–Kier alpha value is -2.44. The summed E-state index contributed by atoms with van der Waals surface area (Å²) in [6.45, 7) is 7.85. The molecular weight excluding hydrogens is 407 g/mol. The van der Waals surface area contributed by atoms with Crippen molar-refractivity contribution in [2.45, 2.75) is 51.7 Å². The fraction of sp³-hybridized carbons (Fsp3) is 0.381. The van der Waals surface area contributed by atoms with Gasteiger partial charge in [0.05, 0.1) is 22.8 Å². The predicted molar refractivity (Wildman–Crippen MR) is 118 cm³/mol. The zero-order valence-electron chi connectivity index (χ0n) is 17.6. The monoisotopic (exact) mass is 433 g/mol. The molecule has 2 heterocycles. The minimum Gasteiger partial charge on any atom is -0.397 e. The van der Waals surface area contributed by atoms with Gasteiger partial charge in [-0.25, -0.2) is 23.7 Å². The van der Waals surface area contributed by atoms with Crippen LogP contribution in [0.25, 0.3) is 11.0 Å². The average molecular weight is 433 g/mol. The van der Waals surface area contributed by atoms with Crippen molar-refractivity contribution >= 4 is 31.8 Å². The van der Waals surface area contributed by atoms with E-state index >= 15 is 8.78 Å². The van der Waals surface area contributed by atoms with E-state index in [-0.39, 0.29) is 11.1 Å². The van der Waals surface area contributed by atoms with Gasteiger partial charge in [0.2, 0.25) is 0 Å². The molecule has 3 rings (SSSR count). The summed E-state index contributed by atoms with van der Waals surface area (Å²) < 4.78 is 30.5. The number of halogens is 2. The van der Waals surface area contributed by atoms with E-state index in [1.165, 1.54) is 19.9 Å². The molecule has 0 aliphatic carbocycles. The van der Waals surface area contributed by atoms with E-state index < -0.39 is 22.9 Å². The third kappa shape index (κ3) is 3.94. The molecule has 160 valence electrons. The topological polar surface area (TPSA) is 97.0 Å². The second-order valence-corrected chi connectivity index (χ2v) is 8.79. The molecule has 3 aromatic rings. The summed E-state index contributed by atoms with van der Waals surface area (Å²) >= 11 is 0. The SMILES string of the molecule is Cc1nc(N[C@H](C)c2cccc(C(F)(P)C(C)(C)O)c2F)c2cc(N)c(C)nc2n1. The van der Waals surface area contributed by atoms with Crippen molar-refractivity contribution in [1.82, 2.24) is 15.0 Å². The van der Waals surface area contributed by atoms with Gasteiger partial charge in [-0.3, -0.25) is 0 Å². The molecule has 0 bridgehead atoms. The summed E-state index contributed by atoms with van der Waals surface area (Å²) in [5.74, 6) is 0.215. The summed E-state index contributed by atoms with van der Waals surface area (Å²) in [4.78, 5) is 13.2. The van der Waals surface area contributed by atoms with Gasteiger partial charge in [-0.15, -0.1) is 0 Å². The molecule has 9 heteroatoms.